The Kier molecular flexibility index (Phi) is 8.03. The van der Waals surface area contributed by atoms with Gasteiger partial charge in [-0.1, -0.05) is 29.4 Å². The van der Waals surface area contributed by atoms with Crippen molar-refractivity contribution in [1.29, 1.82) is 10.5 Å². The van der Waals surface area contributed by atoms with Gasteiger partial charge < -0.3 is 20.0 Å². The van der Waals surface area contributed by atoms with Crippen LogP contribution >= 0.6 is 0 Å². The minimum atomic E-state index is -0.413. The van der Waals surface area contributed by atoms with Gasteiger partial charge in [-0.05, 0) is 69.7 Å². The first-order valence-electron chi connectivity index (χ1n) is 13.2. The van der Waals surface area contributed by atoms with E-state index in [0.29, 0.717) is 23.3 Å². The number of aryl methyl sites for hydroxylation is 1. The van der Waals surface area contributed by atoms with Crippen LogP contribution in [-0.2, 0) is 18.4 Å². The fraction of sp³-hybridized carbons (Fsp3) is 0.433. The molecule has 0 radical (unpaired) electrons. The quantitative estimate of drug-likeness (QED) is 0.373. The Hall–Kier alpha value is -4.21. The van der Waals surface area contributed by atoms with Crippen molar-refractivity contribution < 1.29 is 4.84 Å². The van der Waals surface area contributed by atoms with Crippen LogP contribution in [0.3, 0.4) is 0 Å². The molecule has 9 nitrogen and oxygen atoms in total. The van der Waals surface area contributed by atoms with Gasteiger partial charge in [-0.25, -0.2) is 4.98 Å². The van der Waals surface area contributed by atoms with E-state index in [1.54, 1.807) is 19.2 Å². The standard InChI is InChI=1S/C30H35N7O2/c1-30(2,3)39-35-26(20-8-6-19(16-31)7-9-20)21-10-13-23(14-11-21)36(4)28-24(18-33)29(38)37(5)25-15-12-22(17-32)34-27(25)28/h6-9,12,15,21,23H,10-11,13-14,16,31H2,1-5H3/b35-26-. The molecule has 2 aromatic heterocycles. The summed E-state index contributed by atoms with van der Waals surface area (Å²) in [6, 6.07) is 15.7. The molecule has 1 aliphatic carbocycles. The maximum Gasteiger partial charge on any atom is 0.270 e. The van der Waals surface area contributed by atoms with Gasteiger partial charge >= 0.3 is 0 Å². The highest BCUT2D eigenvalue weighted by Crippen LogP contribution is 2.35. The van der Waals surface area contributed by atoms with E-state index in [9.17, 15) is 15.3 Å². The van der Waals surface area contributed by atoms with Crippen LogP contribution in [0.5, 0.6) is 0 Å². The molecule has 39 heavy (non-hydrogen) atoms. The van der Waals surface area contributed by atoms with Gasteiger partial charge in [0.25, 0.3) is 5.56 Å². The average Bonchev–Trinajstić information content (AvgIpc) is 2.94. The molecule has 2 N–H and O–H groups in total. The van der Waals surface area contributed by atoms with E-state index >= 15 is 0 Å². The van der Waals surface area contributed by atoms with E-state index < -0.39 is 5.60 Å². The molecule has 1 saturated carbocycles. The SMILES string of the molecule is CN(c1c(C#N)c(=O)n(C)c2ccc(C#N)nc12)C1CCC(/C(=N\OC(C)(C)C)c2ccc(CN)cc2)CC1. The first-order chi connectivity index (χ1) is 18.6. The fourth-order valence-electron chi connectivity index (χ4n) is 5.18. The first-order valence-corrected chi connectivity index (χ1v) is 13.2. The fourth-order valence-corrected chi connectivity index (χ4v) is 5.18. The Morgan fingerprint density at radius 3 is 2.36 bits per heavy atom. The van der Waals surface area contributed by atoms with E-state index in [0.717, 1.165) is 42.5 Å². The predicted molar refractivity (Wildman–Crippen MR) is 152 cm³/mol. The van der Waals surface area contributed by atoms with Gasteiger partial charge in [0.15, 0.2) is 0 Å². The van der Waals surface area contributed by atoms with Crippen LogP contribution in [0.4, 0.5) is 5.69 Å². The van der Waals surface area contributed by atoms with Crippen LogP contribution in [0, 0.1) is 28.6 Å². The molecule has 0 aliphatic heterocycles. The number of nitriles is 2. The van der Waals surface area contributed by atoms with Gasteiger partial charge in [-0.15, -0.1) is 0 Å². The minimum Gasteiger partial charge on any atom is -0.390 e. The molecular formula is C30H35N7O2. The second kappa shape index (κ2) is 11.3. The van der Waals surface area contributed by atoms with Gasteiger partial charge in [-0.2, -0.15) is 10.5 Å². The lowest BCUT2D eigenvalue weighted by molar-refractivity contribution is -0.0000292. The first kappa shape index (κ1) is 27.8. The molecule has 0 amide bonds. The van der Waals surface area contributed by atoms with Crippen molar-refractivity contribution in [2.24, 2.45) is 23.9 Å². The van der Waals surface area contributed by atoms with Crippen molar-refractivity contribution in [3.63, 3.8) is 0 Å². The van der Waals surface area contributed by atoms with Crippen LogP contribution < -0.4 is 16.2 Å². The molecule has 0 unspecified atom stereocenters. The van der Waals surface area contributed by atoms with Crippen molar-refractivity contribution in [3.05, 3.63) is 69.1 Å². The van der Waals surface area contributed by atoms with Crippen LogP contribution in [0.15, 0.2) is 46.3 Å². The third-order valence-corrected chi connectivity index (χ3v) is 7.33. The number of rotatable bonds is 6. The number of hydrogen-bond donors (Lipinski definition) is 1. The molecule has 202 valence electrons. The highest BCUT2D eigenvalue weighted by Gasteiger charge is 2.31. The zero-order valence-electron chi connectivity index (χ0n) is 23.2. The zero-order valence-corrected chi connectivity index (χ0v) is 23.2. The summed E-state index contributed by atoms with van der Waals surface area (Å²) in [5.41, 5.74) is 9.84. The van der Waals surface area contributed by atoms with E-state index in [2.05, 4.69) is 34.4 Å². The summed E-state index contributed by atoms with van der Waals surface area (Å²) < 4.78 is 1.42. The molecule has 0 saturated heterocycles. The molecule has 3 aromatic rings. The summed E-state index contributed by atoms with van der Waals surface area (Å²) in [5, 5.41) is 24.0. The maximum atomic E-state index is 13.1. The Morgan fingerprint density at radius 1 is 1.13 bits per heavy atom. The lowest BCUT2D eigenvalue weighted by Gasteiger charge is -2.37. The largest absolute Gasteiger partial charge is 0.390 e. The third-order valence-electron chi connectivity index (χ3n) is 7.33. The molecule has 1 aliphatic rings. The summed E-state index contributed by atoms with van der Waals surface area (Å²) in [4.78, 5) is 25.4. The van der Waals surface area contributed by atoms with Crippen molar-refractivity contribution in [3.8, 4) is 12.1 Å². The van der Waals surface area contributed by atoms with Gasteiger partial charge in [0.2, 0.25) is 0 Å². The molecule has 1 fully saturated rings. The number of nitrogens with zero attached hydrogens (tertiary/aromatic N) is 6. The van der Waals surface area contributed by atoms with Crippen molar-refractivity contribution in [2.45, 2.75) is 64.6 Å². The van der Waals surface area contributed by atoms with Gasteiger partial charge in [-0.3, -0.25) is 4.79 Å². The summed E-state index contributed by atoms with van der Waals surface area (Å²) in [6.45, 7) is 6.41. The lowest BCUT2D eigenvalue weighted by Crippen LogP contribution is -2.39. The molecule has 4 rings (SSSR count). The van der Waals surface area contributed by atoms with Gasteiger partial charge in [0, 0.05) is 32.6 Å². The van der Waals surface area contributed by atoms with Crippen LogP contribution in [-0.4, -0.2) is 34.0 Å². The monoisotopic (exact) mass is 525 g/mol. The highest BCUT2D eigenvalue weighted by atomic mass is 16.6. The van der Waals surface area contributed by atoms with E-state index in [1.807, 2.05) is 44.9 Å². The predicted octanol–water partition coefficient (Wildman–Crippen LogP) is 4.35. The number of nitrogens with two attached hydrogens (primary N) is 1. The molecule has 0 bridgehead atoms. The number of fused-ring (bicyclic) bond motifs is 1. The summed E-state index contributed by atoms with van der Waals surface area (Å²) in [5.74, 6) is 0.194. The molecule has 0 spiro atoms. The smallest absolute Gasteiger partial charge is 0.270 e. The Bertz CT molecular complexity index is 1530. The number of anilines is 1. The van der Waals surface area contributed by atoms with Crippen LogP contribution in [0.1, 0.15) is 68.8 Å². The number of oxime groups is 1. The second-order valence-corrected chi connectivity index (χ2v) is 11.1. The Morgan fingerprint density at radius 2 is 1.79 bits per heavy atom. The summed E-state index contributed by atoms with van der Waals surface area (Å²) in [6.07, 6.45) is 3.38. The van der Waals surface area contributed by atoms with Crippen LogP contribution in [0.2, 0.25) is 0 Å². The Labute approximate surface area is 229 Å². The number of hydrogen-bond acceptors (Lipinski definition) is 8. The third kappa shape index (κ3) is 5.79. The number of benzene rings is 1. The van der Waals surface area contributed by atoms with E-state index in [4.69, 9.17) is 10.6 Å². The summed E-state index contributed by atoms with van der Waals surface area (Å²) >= 11 is 0. The topological polar surface area (TPSA) is 133 Å². The molecule has 9 heteroatoms. The number of pyridine rings is 2. The van der Waals surface area contributed by atoms with Crippen molar-refractivity contribution in [2.75, 3.05) is 11.9 Å². The van der Waals surface area contributed by atoms with Crippen molar-refractivity contribution >= 4 is 22.4 Å². The number of aromatic nitrogens is 2. The maximum absolute atomic E-state index is 13.1. The van der Waals surface area contributed by atoms with Crippen molar-refractivity contribution in [1.82, 2.24) is 9.55 Å². The normalized spacial score (nSPS) is 17.9. The van der Waals surface area contributed by atoms with E-state index in [1.165, 1.54) is 4.57 Å². The molecular weight excluding hydrogens is 490 g/mol. The molecule has 1 aromatic carbocycles. The Balaban J connectivity index is 1.65. The minimum absolute atomic E-state index is 0.0398. The highest BCUT2D eigenvalue weighted by molar-refractivity contribution is 6.02. The molecule has 2 heterocycles. The zero-order chi connectivity index (χ0) is 28.3. The second-order valence-electron chi connectivity index (χ2n) is 11.1. The van der Waals surface area contributed by atoms with Gasteiger partial charge in [0.05, 0.1) is 16.9 Å². The average molecular weight is 526 g/mol. The lowest BCUT2D eigenvalue weighted by atomic mass is 9.80. The molecule has 0 atom stereocenters. The van der Waals surface area contributed by atoms with Gasteiger partial charge in [0.1, 0.15) is 34.5 Å². The summed E-state index contributed by atoms with van der Waals surface area (Å²) in [7, 11) is 3.53. The van der Waals surface area contributed by atoms with E-state index in [-0.39, 0.29) is 28.8 Å². The van der Waals surface area contributed by atoms with Crippen LogP contribution in [0.25, 0.3) is 11.0 Å².